The van der Waals surface area contributed by atoms with Crippen molar-refractivity contribution in [2.45, 2.75) is 38.6 Å². The van der Waals surface area contributed by atoms with Crippen LogP contribution < -0.4 is 10.2 Å². The standard InChI is InChI=1S/C19H29N3O/c1-15(20-19(23)17-6-5-11-21(2)14-17)16-7-9-18(10-8-16)22-12-3-4-13-22/h7-10,15,17H,3-6,11-14H2,1-2H3,(H,20,23). The molecule has 1 aromatic rings. The molecule has 0 aromatic heterocycles. The van der Waals surface area contributed by atoms with Gasteiger partial charge in [-0.15, -0.1) is 0 Å². The predicted molar refractivity (Wildman–Crippen MR) is 94.7 cm³/mol. The van der Waals surface area contributed by atoms with E-state index in [0.717, 1.165) is 25.9 Å². The lowest BCUT2D eigenvalue weighted by Gasteiger charge is -2.29. The van der Waals surface area contributed by atoms with Crippen LogP contribution in [0.3, 0.4) is 0 Å². The van der Waals surface area contributed by atoms with Crippen LogP contribution in [0.4, 0.5) is 5.69 Å². The molecule has 2 fully saturated rings. The van der Waals surface area contributed by atoms with Crippen LogP contribution in [0.1, 0.15) is 44.2 Å². The van der Waals surface area contributed by atoms with Crippen LogP contribution in [0.15, 0.2) is 24.3 Å². The van der Waals surface area contributed by atoms with Gasteiger partial charge < -0.3 is 15.1 Å². The Labute approximate surface area is 139 Å². The highest BCUT2D eigenvalue weighted by molar-refractivity contribution is 5.79. The molecule has 2 aliphatic heterocycles. The van der Waals surface area contributed by atoms with Crippen molar-refractivity contribution < 1.29 is 4.79 Å². The smallest absolute Gasteiger partial charge is 0.224 e. The molecule has 4 heteroatoms. The summed E-state index contributed by atoms with van der Waals surface area (Å²) in [4.78, 5) is 17.1. The van der Waals surface area contributed by atoms with E-state index < -0.39 is 0 Å². The molecule has 23 heavy (non-hydrogen) atoms. The Morgan fingerprint density at radius 1 is 1.13 bits per heavy atom. The Hall–Kier alpha value is -1.55. The molecule has 2 heterocycles. The third-order valence-electron chi connectivity index (χ3n) is 5.22. The highest BCUT2D eigenvalue weighted by Gasteiger charge is 2.25. The van der Waals surface area contributed by atoms with Crippen molar-refractivity contribution in [2.24, 2.45) is 5.92 Å². The maximum absolute atomic E-state index is 12.5. The van der Waals surface area contributed by atoms with Gasteiger partial charge in [0.15, 0.2) is 0 Å². The number of rotatable bonds is 4. The van der Waals surface area contributed by atoms with Gasteiger partial charge in [0.1, 0.15) is 0 Å². The zero-order valence-electron chi connectivity index (χ0n) is 14.4. The number of amides is 1. The largest absolute Gasteiger partial charge is 0.372 e. The third kappa shape index (κ3) is 4.05. The Kier molecular flexibility index (Phi) is 5.21. The minimum absolute atomic E-state index is 0.0716. The molecular formula is C19H29N3O. The van der Waals surface area contributed by atoms with E-state index in [-0.39, 0.29) is 17.9 Å². The highest BCUT2D eigenvalue weighted by Crippen LogP contribution is 2.23. The van der Waals surface area contributed by atoms with Gasteiger partial charge in [-0.05, 0) is 63.9 Å². The average molecular weight is 315 g/mol. The second-order valence-corrected chi connectivity index (χ2v) is 7.12. The number of hydrogen-bond donors (Lipinski definition) is 1. The average Bonchev–Trinajstić information content (AvgIpc) is 3.09. The fourth-order valence-corrected chi connectivity index (χ4v) is 3.74. The SMILES string of the molecule is CC(NC(=O)C1CCCN(C)C1)c1ccc(N2CCCC2)cc1. The summed E-state index contributed by atoms with van der Waals surface area (Å²) in [6.07, 6.45) is 4.72. The fraction of sp³-hybridized carbons (Fsp3) is 0.632. The van der Waals surface area contributed by atoms with Crippen molar-refractivity contribution in [1.82, 2.24) is 10.2 Å². The van der Waals surface area contributed by atoms with Gasteiger partial charge in [-0.3, -0.25) is 4.79 Å². The summed E-state index contributed by atoms with van der Waals surface area (Å²) in [6.45, 7) is 6.40. The second kappa shape index (κ2) is 7.35. The molecule has 2 saturated heterocycles. The molecule has 2 unspecified atom stereocenters. The summed E-state index contributed by atoms with van der Waals surface area (Å²) in [6, 6.07) is 8.77. The fourth-order valence-electron chi connectivity index (χ4n) is 3.74. The number of carbonyl (C=O) groups excluding carboxylic acids is 1. The molecule has 1 amide bonds. The van der Waals surface area contributed by atoms with Crippen molar-refractivity contribution in [3.8, 4) is 0 Å². The quantitative estimate of drug-likeness (QED) is 0.928. The molecule has 0 radical (unpaired) electrons. The van der Waals surface area contributed by atoms with Crippen molar-refractivity contribution in [3.63, 3.8) is 0 Å². The second-order valence-electron chi connectivity index (χ2n) is 7.12. The number of benzene rings is 1. The number of anilines is 1. The highest BCUT2D eigenvalue weighted by atomic mass is 16.2. The zero-order valence-corrected chi connectivity index (χ0v) is 14.4. The van der Waals surface area contributed by atoms with Crippen LogP contribution in [0.2, 0.25) is 0 Å². The lowest BCUT2D eigenvalue weighted by atomic mass is 9.97. The maximum atomic E-state index is 12.5. The van der Waals surface area contributed by atoms with E-state index in [1.54, 1.807) is 0 Å². The van der Waals surface area contributed by atoms with Crippen molar-refractivity contribution in [2.75, 3.05) is 38.1 Å². The summed E-state index contributed by atoms with van der Waals surface area (Å²) in [5, 5.41) is 3.20. The Morgan fingerprint density at radius 3 is 2.48 bits per heavy atom. The van der Waals surface area contributed by atoms with Gasteiger partial charge in [-0.25, -0.2) is 0 Å². The molecule has 0 spiro atoms. The molecule has 126 valence electrons. The number of piperidine rings is 1. The van der Waals surface area contributed by atoms with Crippen LogP contribution in [-0.2, 0) is 4.79 Å². The van der Waals surface area contributed by atoms with Gasteiger partial charge >= 0.3 is 0 Å². The molecule has 1 aromatic carbocycles. The van der Waals surface area contributed by atoms with Crippen LogP contribution in [0.25, 0.3) is 0 Å². The van der Waals surface area contributed by atoms with Crippen molar-refractivity contribution in [3.05, 3.63) is 29.8 Å². The monoisotopic (exact) mass is 315 g/mol. The van der Waals surface area contributed by atoms with Gasteiger partial charge in [0.2, 0.25) is 5.91 Å². The van der Waals surface area contributed by atoms with Crippen LogP contribution in [-0.4, -0.2) is 44.0 Å². The zero-order chi connectivity index (χ0) is 16.2. The van der Waals surface area contributed by atoms with Crippen LogP contribution >= 0.6 is 0 Å². The molecule has 2 atom stereocenters. The summed E-state index contributed by atoms with van der Waals surface area (Å²) in [5.41, 5.74) is 2.49. The normalized spacial score (nSPS) is 23.7. The molecule has 0 bridgehead atoms. The summed E-state index contributed by atoms with van der Waals surface area (Å²) in [5.74, 6) is 0.341. The topological polar surface area (TPSA) is 35.6 Å². The minimum atomic E-state index is 0.0716. The Bertz CT molecular complexity index is 522. The molecule has 1 N–H and O–H groups in total. The Morgan fingerprint density at radius 2 is 1.83 bits per heavy atom. The lowest BCUT2D eigenvalue weighted by molar-refractivity contribution is -0.127. The molecule has 2 aliphatic rings. The van der Waals surface area contributed by atoms with Crippen molar-refractivity contribution in [1.29, 1.82) is 0 Å². The van der Waals surface area contributed by atoms with E-state index in [1.165, 1.54) is 37.2 Å². The summed E-state index contributed by atoms with van der Waals surface area (Å²) in [7, 11) is 2.10. The van der Waals surface area contributed by atoms with E-state index in [9.17, 15) is 4.79 Å². The van der Waals surface area contributed by atoms with E-state index in [4.69, 9.17) is 0 Å². The third-order valence-corrected chi connectivity index (χ3v) is 5.22. The first kappa shape index (κ1) is 16.3. The molecule has 0 aliphatic carbocycles. The molecule has 4 nitrogen and oxygen atoms in total. The number of carbonyl (C=O) groups is 1. The Balaban J connectivity index is 1.56. The first-order valence-electron chi connectivity index (χ1n) is 8.97. The molecule has 3 rings (SSSR count). The van der Waals surface area contributed by atoms with E-state index in [0.29, 0.717) is 0 Å². The first-order chi connectivity index (χ1) is 11.1. The van der Waals surface area contributed by atoms with Crippen LogP contribution in [0.5, 0.6) is 0 Å². The van der Waals surface area contributed by atoms with Gasteiger partial charge in [0, 0.05) is 25.3 Å². The number of hydrogen-bond acceptors (Lipinski definition) is 3. The van der Waals surface area contributed by atoms with Gasteiger partial charge in [-0.2, -0.15) is 0 Å². The molecular weight excluding hydrogens is 286 g/mol. The van der Waals surface area contributed by atoms with Gasteiger partial charge in [-0.1, -0.05) is 12.1 Å². The van der Waals surface area contributed by atoms with E-state index >= 15 is 0 Å². The van der Waals surface area contributed by atoms with Crippen LogP contribution in [0, 0.1) is 5.92 Å². The number of nitrogens with one attached hydrogen (secondary N) is 1. The maximum Gasteiger partial charge on any atom is 0.224 e. The molecule has 0 saturated carbocycles. The first-order valence-corrected chi connectivity index (χ1v) is 8.97. The van der Waals surface area contributed by atoms with E-state index in [1.807, 2.05) is 0 Å². The summed E-state index contributed by atoms with van der Waals surface area (Å²) < 4.78 is 0. The predicted octanol–water partition coefficient (Wildman–Crippen LogP) is 2.81. The number of nitrogens with zero attached hydrogens (tertiary/aromatic N) is 2. The number of likely N-dealkylation sites (tertiary alicyclic amines) is 1. The minimum Gasteiger partial charge on any atom is -0.372 e. The van der Waals surface area contributed by atoms with Gasteiger partial charge in [0.25, 0.3) is 0 Å². The lowest BCUT2D eigenvalue weighted by Crippen LogP contribution is -2.42. The van der Waals surface area contributed by atoms with E-state index in [2.05, 4.69) is 53.4 Å². The van der Waals surface area contributed by atoms with Gasteiger partial charge in [0.05, 0.1) is 12.0 Å². The van der Waals surface area contributed by atoms with Crippen molar-refractivity contribution >= 4 is 11.6 Å². The summed E-state index contributed by atoms with van der Waals surface area (Å²) >= 11 is 0.